The Hall–Kier alpha value is -3.04. The number of rotatable bonds is 6. The van der Waals surface area contributed by atoms with Crippen molar-refractivity contribution in [1.82, 2.24) is 14.4 Å². The first-order valence-corrected chi connectivity index (χ1v) is 11.7. The second kappa shape index (κ2) is 8.99. The molecule has 0 bridgehead atoms. The first-order chi connectivity index (χ1) is 15.0. The topological polar surface area (TPSA) is 105 Å². The summed E-state index contributed by atoms with van der Waals surface area (Å²) in [5, 5.41) is 6.82. The number of hydrogen-bond acceptors (Lipinski definition) is 6. The third-order valence-electron chi connectivity index (χ3n) is 5.37. The van der Waals surface area contributed by atoms with E-state index < -0.39 is 10.0 Å². The second-order valence-electron chi connectivity index (χ2n) is 7.43. The molecule has 1 amide bonds. The summed E-state index contributed by atoms with van der Waals surface area (Å²) in [4.78, 5) is 17.0. The Kier molecular flexibility index (Phi) is 6.15. The van der Waals surface area contributed by atoms with E-state index >= 15 is 0 Å². The van der Waals surface area contributed by atoms with Gasteiger partial charge in [-0.25, -0.2) is 8.42 Å². The van der Waals surface area contributed by atoms with Crippen molar-refractivity contribution in [3.05, 3.63) is 60.5 Å². The first-order valence-electron chi connectivity index (χ1n) is 10.3. The number of carbonyl (C=O) groups excluding carboxylic acids is 1. The van der Waals surface area contributed by atoms with Gasteiger partial charge in [-0.2, -0.15) is 9.29 Å². The Morgan fingerprint density at radius 1 is 1.13 bits per heavy atom. The van der Waals surface area contributed by atoms with Crippen LogP contribution < -0.4 is 5.32 Å². The van der Waals surface area contributed by atoms with Gasteiger partial charge in [-0.15, -0.1) is 0 Å². The van der Waals surface area contributed by atoms with Crippen molar-refractivity contribution in [2.45, 2.75) is 31.1 Å². The van der Waals surface area contributed by atoms with Gasteiger partial charge in [0.1, 0.15) is 0 Å². The number of hydrogen-bond donors (Lipinski definition) is 1. The van der Waals surface area contributed by atoms with Gasteiger partial charge in [-0.1, -0.05) is 42.4 Å². The molecule has 0 saturated carbocycles. The van der Waals surface area contributed by atoms with Gasteiger partial charge in [-0.05, 0) is 37.1 Å². The molecule has 0 unspecified atom stereocenters. The maximum atomic E-state index is 13.2. The molecule has 31 heavy (non-hydrogen) atoms. The van der Waals surface area contributed by atoms with E-state index in [0.29, 0.717) is 49.6 Å². The molecule has 1 N–H and O–H groups in total. The SMILES string of the molecule is CCc1nc(-c2cccc(S(=O)(=O)N3CCC(C(=O)Nc4ccccc4)CC3)c2)no1. The maximum absolute atomic E-state index is 13.2. The van der Waals surface area contributed by atoms with E-state index in [1.54, 1.807) is 24.3 Å². The van der Waals surface area contributed by atoms with Crippen LogP contribution in [0.5, 0.6) is 0 Å². The fourth-order valence-corrected chi connectivity index (χ4v) is 5.10. The predicted molar refractivity (Wildman–Crippen MR) is 116 cm³/mol. The molecule has 4 rings (SSSR count). The van der Waals surface area contributed by atoms with E-state index in [-0.39, 0.29) is 16.7 Å². The molecule has 8 nitrogen and oxygen atoms in total. The number of aryl methyl sites for hydroxylation is 1. The van der Waals surface area contributed by atoms with Crippen LogP contribution in [0.2, 0.25) is 0 Å². The minimum atomic E-state index is -3.68. The number of amides is 1. The highest BCUT2D eigenvalue weighted by molar-refractivity contribution is 7.89. The zero-order valence-electron chi connectivity index (χ0n) is 17.2. The molecule has 1 aliphatic heterocycles. The summed E-state index contributed by atoms with van der Waals surface area (Å²) in [5.41, 5.74) is 1.33. The number of benzene rings is 2. The monoisotopic (exact) mass is 440 g/mol. The van der Waals surface area contributed by atoms with Gasteiger partial charge < -0.3 is 9.84 Å². The number of carbonyl (C=O) groups is 1. The van der Waals surface area contributed by atoms with Gasteiger partial charge >= 0.3 is 0 Å². The van der Waals surface area contributed by atoms with Crippen molar-refractivity contribution in [3.63, 3.8) is 0 Å². The van der Waals surface area contributed by atoms with E-state index in [1.165, 1.54) is 4.31 Å². The van der Waals surface area contributed by atoms with Crippen molar-refractivity contribution in [2.75, 3.05) is 18.4 Å². The third-order valence-corrected chi connectivity index (χ3v) is 7.26. The predicted octanol–water partition coefficient (Wildman–Crippen LogP) is 3.34. The van der Waals surface area contributed by atoms with E-state index in [0.717, 1.165) is 5.69 Å². The quantitative estimate of drug-likeness (QED) is 0.630. The second-order valence-corrected chi connectivity index (χ2v) is 9.36. The average Bonchev–Trinajstić information content (AvgIpc) is 3.29. The Labute approximate surface area is 181 Å². The highest BCUT2D eigenvalue weighted by atomic mass is 32.2. The molecule has 3 aromatic rings. The summed E-state index contributed by atoms with van der Waals surface area (Å²) in [6, 6.07) is 15.8. The number of piperidine rings is 1. The molecule has 9 heteroatoms. The molecule has 1 saturated heterocycles. The molecule has 2 heterocycles. The van der Waals surface area contributed by atoms with Crippen molar-refractivity contribution < 1.29 is 17.7 Å². The van der Waals surface area contributed by atoms with E-state index in [1.807, 2.05) is 37.3 Å². The zero-order chi connectivity index (χ0) is 21.8. The summed E-state index contributed by atoms with van der Waals surface area (Å²) in [7, 11) is -3.68. The fraction of sp³-hybridized carbons (Fsp3) is 0.318. The number of aromatic nitrogens is 2. The summed E-state index contributed by atoms with van der Waals surface area (Å²) >= 11 is 0. The lowest BCUT2D eigenvalue weighted by molar-refractivity contribution is -0.120. The number of nitrogens with one attached hydrogen (secondary N) is 1. The number of para-hydroxylation sites is 1. The van der Waals surface area contributed by atoms with Crippen LogP contribution in [0.25, 0.3) is 11.4 Å². The molecule has 1 fully saturated rings. The molecule has 0 radical (unpaired) electrons. The number of sulfonamides is 1. The van der Waals surface area contributed by atoms with Gasteiger partial charge in [0.25, 0.3) is 0 Å². The molecule has 162 valence electrons. The van der Waals surface area contributed by atoms with Crippen molar-refractivity contribution >= 4 is 21.6 Å². The van der Waals surface area contributed by atoms with Crippen LogP contribution >= 0.6 is 0 Å². The van der Waals surface area contributed by atoms with Crippen LogP contribution in [0.4, 0.5) is 5.69 Å². The molecule has 2 aromatic carbocycles. The Bertz CT molecular complexity index is 1150. The molecule has 0 atom stereocenters. The summed E-state index contributed by atoms with van der Waals surface area (Å²) in [5.74, 6) is 0.572. The number of anilines is 1. The Morgan fingerprint density at radius 2 is 1.87 bits per heavy atom. The van der Waals surface area contributed by atoms with Gasteiger partial charge in [0.2, 0.25) is 27.6 Å². The number of nitrogens with zero attached hydrogens (tertiary/aromatic N) is 3. The zero-order valence-corrected chi connectivity index (χ0v) is 18.0. The van der Waals surface area contributed by atoms with Gasteiger partial charge in [0.15, 0.2) is 0 Å². The fourth-order valence-electron chi connectivity index (χ4n) is 3.58. The van der Waals surface area contributed by atoms with Gasteiger partial charge in [0, 0.05) is 36.7 Å². The maximum Gasteiger partial charge on any atom is 0.243 e. The van der Waals surface area contributed by atoms with Gasteiger partial charge in [0.05, 0.1) is 4.90 Å². The van der Waals surface area contributed by atoms with E-state index in [4.69, 9.17) is 4.52 Å². The minimum Gasteiger partial charge on any atom is -0.339 e. The standard InChI is InChI=1S/C22H24N4O4S/c1-2-20-24-21(25-30-20)17-7-6-10-19(15-17)31(28,29)26-13-11-16(12-14-26)22(27)23-18-8-4-3-5-9-18/h3-10,15-16H,2,11-14H2,1H3,(H,23,27). The van der Waals surface area contributed by atoms with Crippen LogP contribution in [0.15, 0.2) is 64.0 Å². The lowest BCUT2D eigenvalue weighted by Gasteiger charge is -2.30. The Morgan fingerprint density at radius 3 is 2.55 bits per heavy atom. The van der Waals surface area contributed by atoms with Crippen LogP contribution in [0, 0.1) is 5.92 Å². The average molecular weight is 441 g/mol. The third kappa shape index (κ3) is 4.67. The van der Waals surface area contributed by atoms with E-state index in [2.05, 4.69) is 15.5 Å². The van der Waals surface area contributed by atoms with Crippen LogP contribution in [-0.2, 0) is 21.2 Å². The van der Waals surface area contributed by atoms with E-state index in [9.17, 15) is 13.2 Å². The summed E-state index contributed by atoms with van der Waals surface area (Å²) < 4.78 is 32.9. The van der Waals surface area contributed by atoms with Crippen LogP contribution in [0.1, 0.15) is 25.7 Å². The molecule has 0 spiro atoms. The molecule has 1 aromatic heterocycles. The van der Waals surface area contributed by atoms with Crippen LogP contribution in [-0.4, -0.2) is 41.9 Å². The smallest absolute Gasteiger partial charge is 0.243 e. The lowest BCUT2D eigenvalue weighted by Crippen LogP contribution is -2.41. The van der Waals surface area contributed by atoms with Crippen LogP contribution in [0.3, 0.4) is 0 Å². The largest absolute Gasteiger partial charge is 0.339 e. The molecular weight excluding hydrogens is 416 g/mol. The normalized spacial score (nSPS) is 15.6. The minimum absolute atomic E-state index is 0.0749. The first kappa shape index (κ1) is 21.2. The summed E-state index contributed by atoms with van der Waals surface area (Å²) in [6.45, 7) is 2.49. The van der Waals surface area contributed by atoms with Crippen molar-refractivity contribution in [3.8, 4) is 11.4 Å². The molecular formula is C22H24N4O4S. The molecule has 0 aliphatic carbocycles. The lowest BCUT2D eigenvalue weighted by atomic mass is 9.97. The Balaban J connectivity index is 1.43. The van der Waals surface area contributed by atoms with Crippen molar-refractivity contribution in [2.24, 2.45) is 5.92 Å². The summed E-state index contributed by atoms with van der Waals surface area (Å²) in [6.07, 6.45) is 1.56. The highest BCUT2D eigenvalue weighted by Gasteiger charge is 2.32. The van der Waals surface area contributed by atoms with Crippen molar-refractivity contribution in [1.29, 1.82) is 0 Å². The van der Waals surface area contributed by atoms with Gasteiger partial charge in [-0.3, -0.25) is 4.79 Å². The molecule has 1 aliphatic rings. The highest BCUT2D eigenvalue weighted by Crippen LogP contribution is 2.27.